The lowest BCUT2D eigenvalue weighted by Crippen LogP contribution is -2.52. The summed E-state index contributed by atoms with van der Waals surface area (Å²) in [6.07, 6.45) is 8.16. The summed E-state index contributed by atoms with van der Waals surface area (Å²) in [7, 11) is 1.69. The molecular formula is C20H21N3O2. The molecule has 1 aromatic carbocycles. The van der Waals surface area contributed by atoms with Gasteiger partial charge in [-0.3, -0.25) is 14.6 Å². The minimum atomic E-state index is -0.427. The number of para-hydroxylation sites is 1. The van der Waals surface area contributed by atoms with E-state index in [2.05, 4.69) is 4.98 Å². The van der Waals surface area contributed by atoms with Gasteiger partial charge in [0, 0.05) is 37.7 Å². The van der Waals surface area contributed by atoms with Crippen molar-refractivity contribution in [3.05, 3.63) is 66.5 Å². The molecule has 0 N–H and O–H groups in total. The van der Waals surface area contributed by atoms with Crippen molar-refractivity contribution in [2.75, 3.05) is 18.5 Å². The van der Waals surface area contributed by atoms with Crippen LogP contribution in [0.3, 0.4) is 0 Å². The third-order valence-corrected chi connectivity index (χ3v) is 4.42. The molecule has 0 saturated carbocycles. The van der Waals surface area contributed by atoms with Crippen molar-refractivity contribution in [1.82, 2.24) is 9.88 Å². The van der Waals surface area contributed by atoms with E-state index in [1.54, 1.807) is 30.4 Å². The zero-order chi connectivity index (χ0) is 17.6. The van der Waals surface area contributed by atoms with Gasteiger partial charge in [-0.2, -0.15) is 0 Å². The van der Waals surface area contributed by atoms with Crippen LogP contribution in [0.4, 0.5) is 5.69 Å². The van der Waals surface area contributed by atoms with Crippen LogP contribution in [0.5, 0.6) is 0 Å². The number of amides is 2. The van der Waals surface area contributed by atoms with Gasteiger partial charge in [-0.25, -0.2) is 0 Å². The number of rotatable bonds is 4. The highest BCUT2D eigenvalue weighted by Crippen LogP contribution is 2.23. The van der Waals surface area contributed by atoms with Crippen LogP contribution in [0.25, 0.3) is 6.08 Å². The topological polar surface area (TPSA) is 53.5 Å². The summed E-state index contributed by atoms with van der Waals surface area (Å²) < 4.78 is 0. The maximum atomic E-state index is 12.8. The summed E-state index contributed by atoms with van der Waals surface area (Å²) in [5.74, 6) is -0.198. The Labute approximate surface area is 147 Å². The fraction of sp³-hybridized carbons (Fsp3) is 0.250. The van der Waals surface area contributed by atoms with Crippen LogP contribution in [0.15, 0.2) is 60.9 Å². The largest absolute Gasteiger partial charge is 0.330 e. The molecule has 1 saturated heterocycles. The summed E-state index contributed by atoms with van der Waals surface area (Å²) in [4.78, 5) is 32.6. The number of hydrogen-bond acceptors (Lipinski definition) is 3. The van der Waals surface area contributed by atoms with Crippen LogP contribution in [0.1, 0.15) is 18.4 Å². The molecule has 0 radical (unpaired) electrons. The zero-order valence-electron chi connectivity index (χ0n) is 14.2. The van der Waals surface area contributed by atoms with Gasteiger partial charge in [-0.15, -0.1) is 0 Å². The van der Waals surface area contributed by atoms with Gasteiger partial charge in [0.2, 0.25) is 11.8 Å². The van der Waals surface area contributed by atoms with Crippen LogP contribution < -0.4 is 4.90 Å². The van der Waals surface area contributed by atoms with Crippen molar-refractivity contribution in [2.45, 2.75) is 18.9 Å². The van der Waals surface area contributed by atoms with Crippen LogP contribution >= 0.6 is 0 Å². The molecule has 1 aromatic heterocycles. The molecule has 5 heteroatoms. The monoisotopic (exact) mass is 335 g/mol. The Hall–Kier alpha value is -2.95. The molecule has 128 valence electrons. The van der Waals surface area contributed by atoms with Crippen molar-refractivity contribution in [3.63, 3.8) is 0 Å². The number of nitrogens with zero attached hydrogens (tertiary/aromatic N) is 3. The van der Waals surface area contributed by atoms with Crippen LogP contribution in [0.2, 0.25) is 0 Å². The second-order valence-corrected chi connectivity index (χ2v) is 6.05. The summed E-state index contributed by atoms with van der Waals surface area (Å²) in [5, 5.41) is 0. The fourth-order valence-corrected chi connectivity index (χ4v) is 2.99. The van der Waals surface area contributed by atoms with Crippen molar-refractivity contribution in [1.29, 1.82) is 0 Å². The van der Waals surface area contributed by atoms with Gasteiger partial charge in [-0.05, 0) is 48.7 Å². The standard InChI is InChI=1S/C20H21N3O2/c1-22(19(24)10-9-16-11-13-21-14-12-16)18-8-5-15-23(20(18)25)17-6-3-2-4-7-17/h2-4,6-7,9-14,18H,5,8,15H2,1H3/b10-9-/t18-/m1/s1. The Bertz CT molecular complexity index is 759. The summed E-state index contributed by atoms with van der Waals surface area (Å²) in [6, 6.07) is 12.8. The normalized spacial score (nSPS) is 17.7. The number of hydrogen-bond donors (Lipinski definition) is 0. The minimum absolute atomic E-state index is 0.0226. The summed E-state index contributed by atoms with van der Waals surface area (Å²) in [5.41, 5.74) is 1.78. The van der Waals surface area contributed by atoms with Crippen molar-refractivity contribution >= 4 is 23.6 Å². The SMILES string of the molecule is CN(C(=O)/C=C\c1ccncc1)[C@@H]1CCCN(c2ccccc2)C1=O. The van der Waals surface area contributed by atoms with Gasteiger partial charge >= 0.3 is 0 Å². The van der Waals surface area contributed by atoms with Crippen molar-refractivity contribution in [2.24, 2.45) is 0 Å². The number of piperidine rings is 1. The van der Waals surface area contributed by atoms with Gasteiger partial charge in [-0.1, -0.05) is 18.2 Å². The zero-order valence-corrected chi connectivity index (χ0v) is 14.2. The average Bonchev–Trinajstić information content (AvgIpc) is 2.67. The van der Waals surface area contributed by atoms with E-state index in [4.69, 9.17) is 0 Å². The predicted molar refractivity (Wildman–Crippen MR) is 97.9 cm³/mol. The average molecular weight is 335 g/mol. The predicted octanol–water partition coefficient (Wildman–Crippen LogP) is 2.75. The van der Waals surface area contributed by atoms with E-state index >= 15 is 0 Å². The van der Waals surface area contributed by atoms with E-state index in [-0.39, 0.29) is 11.8 Å². The minimum Gasteiger partial charge on any atom is -0.330 e. The first-order valence-corrected chi connectivity index (χ1v) is 8.38. The quantitative estimate of drug-likeness (QED) is 0.807. The Morgan fingerprint density at radius 1 is 1.20 bits per heavy atom. The smallest absolute Gasteiger partial charge is 0.249 e. The fourth-order valence-electron chi connectivity index (χ4n) is 2.99. The van der Waals surface area contributed by atoms with Gasteiger partial charge < -0.3 is 9.80 Å². The Balaban J connectivity index is 1.70. The van der Waals surface area contributed by atoms with E-state index in [0.717, 1.165) is 17.7 Å². The van der Waals surface area contributed by atoms with Crippen LogP contribution in [0, 0.1) is 0 Å². The Morgan fingerprint density at radius 3 is 2.64 bits per heavy atom. The first-order valence-electron chi connectivity index (χ1n) is 8.38. The van der Waals surface area contributed by atoms with Crippen molar-refractivity contribution < 1.29 is 9.59 Å². The lowest BCUT2D eigenvalue weighted by molar-refractivity contribution is -0.135. The number of anilines is 1. The number of carbonyl (C=O) groups excluding carboxylic acids is 2. The highest BCUT2D eigenvalue weighted by atomic mass is 16.2. The Morgan fingerprint density at radius 2 is 1.92 bits per heavy atom. The summed E-state index contributed by atoms with van der Waals surface area (Å²) in [6.45, 7) is 0.689. The molecule has 1 aliphatic rings. The van der Waals surface area contributed by atoms with Gasteiger partial charge in [0.1, 0.15) is 6.04 Å². The molecule has 2 heterocycles. The molecule has 0 spiro atoms. The maximum absolute atomic E-state index is 12.8. The van der Waals surface area contributed by atoms with Gasteiger partial charge in [0.15, 0.2) is 0 Å². The molecule has 1 atom stereocenters. The van der Waals surface area contributed by atoms with Gasteiger partial charge in [0.05, 0.1) is 0 Å². The molecule has 3 rings (SSSR count). The highest BCUT2D eigenvalue weighted by Gasteiger charge is 2.33. The van der Waals surface area contributed by atoms with Crippen molar-refractivity contribution in [3.8, 4) is 0 Å². The van der Waals surface area contributed by atoms with E-state index in [9.17, 15) is 9.59 Å². The lowest BCUT2D eigenvalue weighted by atomic mass is 10.0. The first kappa shape index (κ1) is 16.9. The molecule has 5 nitrogen and oxygen atoms in total. The molecule has 0 aliphatic carbocycles. The molecule has 1 aliphatic heterocycles. The molecule has 2 amide bonds. The highest BCUT2D eigenvalue weighted by molar-refractivity contribution is 6.01. The molecular weight excluding hydrogens is 314 g/mol. The summed E-state index contributed by atoms with van der Waals surface area (Å²) >= 11 is 0. The van der Waals surface area contributed by atoms with Crippen LogP contribution in [-0.2, 0) is 9.59 Å². The number of pyridine rings is 1. The molecule has 2 aromatic rings. The second-order valence-electron chi connectivity index (χ2n) is 6.05. The molecule has 0 unspecified atom stereocenters. The number of likely N-dealkylation sites (N-methyl/N-ethyl adjacent to an activating group) is 1. The maximum Gasteiger partial charge on any atom is 0.249 e. The van der Waals surface area contributed by atoms with E-state index in [1.807, 2.05) is 42.5 Å². The van der Waals surface area contributed by atoms with E-state index in [0.29, 0.717) is 13.0 Å². The van der Waals surface area contributed by atoms with E-state index < -0.39 is 6.04 Å². The molecule has 1 fully saturated rings. The van der Waals surface area contributed by atoms with Crippen LogP contribution in [-0.4, -0.2) is 41.3 Å². The molecule has 25 heavy (non-hydrogen) atoms. The number of carbonyl (C=O) groups is 2. The Kier molecular flexibility index (Phi) is 5.23. The van der Waals surface area contributed by atoms with Gasteiger partial charge in [0.25, 0.3) is 0 Å². The third kappa shape index (κ3) is 3.94. The number of benzene rings is 1. The van der Waals surface area contributed by atoms with E-state index in [1.165, 1.54) is 11.0 Å². The lowest BCUT2D eigenvalue weighted by Gasteiger charge is -2.36. The number of aromatic nitrogens is 1. The third-order valence-electron chi connectivity index (χ3n) is 4.42. The first-order chi connectivity index (χ1) is 12.2. The molecule has 0 bridgehead atoms. The second kappa shape index (κ2) is 7.75.